The molecule has 1 aliphatic heterocycles. The van der Waals surface area contributed by atoms with Crippen LogP contribution in [0.2, 0.25) is 0 Å². The van der Waals surface area contributed by atoms with Crippen molar-refractivity contribution in [3.8, 4) is 0 Å². The van der Waals surface area contributed by atoms with Crippen molar-refractivity contribution in [2.75, 3.05) is 5.32 Å². The molecular formula is C19H20N2O2S. The van der Waals surface area contributed by atoms with Crippen LogP contribution in [0.15, 0.2) is 59.5 Å². The zero-order valence-corrected chi connectivity index (χ0v) is 14.3. The van der Waals surface area contributed by atoms with E-state index in [1.165, 1.54) is 22.4 Å². The van der Waals surface area contributed by atoms with Gasteiger partial charge in [0.05, 0.1) is 18.1 Å². The van der Waals surface area contributed by atoms with Gasteiger partial charge in [-0.05, 0) is 48.6 Å². The molecule has 3 atom stereocenters. The monoisotopic (exact) mass is 340 g/mol. The Bertz CT molecular complexity index is 760. The van der Waals surface area contributed by atoms with Crippen molar-refractivity contribution in [3.05, 3.63) is 71.3 Å². The largest absolute Gasteiger partial charge is 0.378 e. The van der Waals surface area contributed by atoms with Crippen molar-refractivity contribution in [2.24, 2.45) is 11.8 Å². The third-order valence-electron chi connectivity index (χ3n) is 4.94. The molecule has 4 nitrogen and oxygen atoms in total. The van der Waals surface area contributed by atoms with Gasteiger partial charge in [0.25, 0.3) is 0 Å². The minimum Gasteiger partial charge on any atom is -0.378 e. The molecule has 2 aromatic rings. The van der Waals surface area contributed by atoms with E-state index in [1.807, 2.05) is 6.07 Å². The quantitative estimate of drug-likeness (QED) is 0.367. The molecule has 124 valence electrons. The van der Waals surface area contributed by atoms with Crippen LogP contribution in [0.5, 0.6) is 0 Å². The SMILES string of the molecule is Cc1ccc([C@H]2Nc3ccc(SOON)cc3[C@H]3C=CC[C@H]32)cc1. The molecule has 24 heavy (non-hydrogen) atoms. The predicted molar refractivity (Wildman–Crippen MR) is 96.2 cm³/mol. The Morgan fingerprint density at radius 1 is 1.17 bits per heavy atom. The summed E-state index contributed by atoms with van der Waals surface area (Å²) in [5.74, 6) is 5.88. The van der Waals surface area contributed by atoms with E-state index in [0.29, 0.717) is 17.9 Å². The molecular weight excluding hydrogens is 320 g/mol. The molecule has 2 aromatic carbocycles. The zero-order valence-electron chi connectivity index (χ0n) is 13.4. The summed E-state index contributed by atoms with van der Waals surface area (Å²) in [6.45, 7) is 2.12. The number of aryl methyl sites for hydroxylation is 1. The third kappa shape index (κ3) is 2.84. The Labute approximate surface area is 146 Å². The van der Waals surface area contributed by atoms with Crippen LogP contribution in [0.1, 0.15) is 35.1 Å². The summed E-state index contributed by atoms with van der Waals surface area (Å²) in [5, 5.41) is 3.74. The van der Waals surface area contributed by atoms with Gasteiger partial charge in [-0.2, -0.15) is 5.90 Å². The Kier molecular flexibility index (Phi) is 4.33. The number of rotatable bonds is 4. The fraction of sp³-hybridized carbons (Fsp3) is 0.263. The standard InChI is InChI=1S/C19H20N2O2S/c1-12-5-7-13(8-6-12)19-16-4-2-3-15(16)17-11-14(24-23-22-20)9-10-18(17)21-19/h2-3,5-11,15-16,19,21H,4,20H2,1H3/t15-,16+,19+/m0/s1. The van der Waals surface area contributed by atoms with Gasteiger partial charge in [-0.3, -0.25) is 0 Å². The highest BCUT2D eigenvalue weighted by atomic mass is 32.2. The average molecular weight is 340 g/mol. The van der Waals surface area contributed by atoms with Gasteiger partial charge in [0.2, 0.25) is 0 Å². The van der Waals surface area contributed by atoms with Crippen molar-refractivity contribution in [2.45, 2.75) is 30.2 Å². The van der Waals surface area contributed by atoms with Gasteiger partial charge in [0.15, 0.2) is 0 Å². The average Bonchev–Trinajstić information content (AvgIpc) is 3.10. The summed E-state index contributed by atoms with van der Waals surface area (Å²) in [6.07, 6.45) is 5.72. The molecule has 1 heterocycles. The highest BCUT2D eigenvalue weighted by Crippen LogP contribution is 2.50. The Morgan fingerprint density at radius 3 is 2.79 bits per heavy atom. The number of benzene rings is 2. The first-order valence-corrected chi connectivity index (χ1v) is 8.84. The first-order chi connectivity index (χ1) is 11.8. The van der Waals surface area contributed by atoms with Gasteiger partial charge < -0.3 is 5.32 Å². The molecule has 0 radical (unpaired) electrons. The zero-order chi connectivity index (χ0) is 16.5. The summed E-state index contributed by atoms with van der Waals surface area (Å²) < 4.78 is 4.78. The lowest BCUT2D eigenvalue weighted by Gasteiger charge is -2.37. The van der Waals surface area contributed by atoms with Crippen LogP contribution in [0.25, 0.3) is 0 Å². The van der Waals surface area contributed by atoms with Crippen LogP contribution in [0.4, 0.5) is 5.69 Å². The van der Waals surface area contributed by atoms with Crippen LogP contribution in [0.3, 0.4) is 0 Å². The minimum absolute atomic E-state index is 0.334. The maximum absolute atomic E-state index is 4.93. The second kappa shape index (κ2) is 6.61. The van der Waals surface area contributed by atoms with Crippen LogP contribution >= 0.6 is 12.0 Å². The van der Waals surface area contributed by atoms with E-state index in [0.717, 1.165) is 23.4 Å². The Balaban J connectivity index is 1.68. The minimum atomic E-state index is 0.334. The number of hydrogen-bond acceptors (Lipinski definition) is 5. The fourth-order valence-corrected chi connectivity index (χ4v) is 4.20. The molecule has 0 saturated carbocycles. The van der Waals surface area contributed by atoms with Crippen molar-refractivity contribution in [1.29, 1.82) is 0 Å². The Hall–Kier alpha value is -1.79. The van der Waals surface area contributed by atoms with E-state index in [-0.39, 0.29) is 0 Å². The smallest absolute Gasteiger partial charge is 0.0702 e. The topological polar surface area (TPSA) is 56.5 Å². The predicted octanol–water partition coefficient (Wildman–Crippen LogP) is 4.65. The maximum atomic E-state index is 4.93. The number of nitrogens with two attached hydrogens (primary N) is 1. The summed E-state index contributed by atoms with van der Waals surface area (Å²) in [6, 6.07) is 15.5. The highest BCUT2D eigenvalue weighted by Gasteiger charge is 2.37. The normalized spacial score (nSPS) is 24.3. The van der Waals surface area contributed by atoms with E-state index in [1.54, 1.807) is 0 Å². The van der Waals surface area contributed by atoms with Crippen LogP contribution in [-0.2, 0) is 9.32 Å². The molecule has 0 bridgehead atoms. The van der Waals surface area contributed by atoms with Gasteiger partial charge in [-0.25, -0.2) is 0 Å². The van der Waals surface area contributed by atoms with Crippen molar-refractivity contribution in [1.82, 2.24) is 0 Å². The van der Waals surface area contributed by atoms with E-state index >= 15 is 0 Å². The van der Waals surface area contributed by atoms with Gasteiger partial charge in [-0.1, -0.05) is 42.0 Å². The van der Waals surface area contributed by atoms with Crippen LogP contribution in [-0.4, -0.2) is 0 Å². The van der Waals surface area contributed by atoms with E-state index in [9.17, 15) is 0 Å². The van der Waals surface area contributed by atoms with Crippen molar-refractivity contribution >= 4 is 17.7 Å². The molecule has 0 unspecified atom stereocenters. The highest BCUT2D eigenvalue weighted by molar-refractivity contribution is 7.94. The van der Waals surface area contributed by atoms with Crippen molar-refractivity contribution in [3.63, 3.8) is 0 Å². The van der Waals surface area contributed by atoms with Crippen LogP contribution < -0.4 is 11.2 Å². The molecule has 0 saturated heterocycles. The maximum Gasteiger partial charge on any atom is 0.0702 e. The lowest BCUT2D eigenvalue weighted by Crippen LogP contribution is -2.29. The molecule has 0 fully saturated rings. The second-order valence-electron chi connectivity index (χ2n) is 6.38. The van der Waals surface area contributed by atoms with E-state index < -0.39 is 0 Å². The summed E-state index contributed by atoms with van der Waals surface area (Å²) in [4.78, 5) is 5.17. The molecule has 1 aliphatic carbocycles. The van der Waals surface area contributed by atoms with Gasteiger partial charge in [0, 0.05) is 16.5 Å². The number of hydrogen-bond donors (Lipinski definition) is 2. The summed E-state index contributed by atoms with van der Waals surface area (Å²) in [7, 11) is 0. The lowest BCUT2D eigenvalue weighted by molar-refractivity contribution is -0.195. The molecule has 4 rings (SSSR count). The molecule has 2 aliphatic rings. The van der Waals surface area contributed by atoms with Crippen molar-refractivity contribution < 1.29 is 9.32 Å². The summed E-state index contributed by atoms with van der Waals surface area (Å²) in [5.41, 5.74) is 5.14. The number of anilines is 1. The molecule has 0 aromatic heterocycles. The van der Waals surface area contributed by atoms with E-state index in [2.05, 4.69) is 65.8 Å². The summed E-state index contributed by atoms with van der Waals surface area (Å²) >= 11 is 1.13. The molecule has 0 spiro atoms. The van der Waals surface area contributed by atoms with Gasteiger partial charge in [0.1, 0.15) is 0 Å². The first-order valence-electron chi connectivity index (χ1n) is 8.10. The van der Waals surface area contributed by atoms with E-state index in [4.69, 9.17) is 10.2 Å². The molecule has 3 N–H and O–H groups in total. The van der Waals surface area contributed by atoms with Gasteiger partial charge >= 0.3 is 0 Å². The first kappa shape index (κ1) is 15.7. The number of fused-ring (bicyclic) bond motifs is 3. The number of allylic oxidation sites excluding steroid dienone is 2. The lowest BCUT2D eigenvalue weighted by atomic mass is 9.77. The second-order valence-corrected chi connectivity index (χ2v) is 7.16. The Morgan fingerprint density at radius 2 is 2.00 bits per heavy atom. The molecule has 0 amide bonds. The van der Waals surface area contributed by atoms with Crippen LogP contribution in [0, 0.1) is 12.8 Å². The number of nitrogens with one attached hydrogen (secondary N) is 1. The molecule has 5 heteroatoms. The fourth-order valence-electron chi connectivity index (χ4n) is 3.79. The third-order valence-corrected chi connectivity index (χ3v) is 5.53. The van der Waals surface area contributed by atoms with Gasteiger partial charge in [-0.15, -0.1) is 9.32 Å².